The van der Waals surface area contributed by atoms with Gasteiger partial charge in [0.25, 0.3) is 11.8 Å². The minimum absolute atomic E-state index is 0.139. The second kappa shape index (κ2) is 9.53. The van der Waals surface area contributed by atoms with Crippen molar-refractivity contribution in [1.29, 1.82) is 0 Å². The molecule has 1 aromatic rings. The Labute approximate surface area is 180 Å². The normalized spacial score (nSPS) is 19.0. The third kappa shape index (κ3) is 4.20. The minimum Gasteiger partial charge on any atom is -0.281 e. The van der Waals surface area contributed by atoms with Crippen LogP contribution in [0.5, 0.6) is 0 Å². The van der Waals surface area contributed by atoms with Gasteiger partial charge in [0.1, 0.15) is 0 Å². The zero-order chi connectivity index (χ0) is 21.0. The molecule has 2 fully saturated rings. The summed E-state index contributed by atoms with van der Waals surface area (Å²) in [5.41, 5.74) is -1.58. The Hall–Kier alpha value is -1.51. The number of carbonyl (C=O) groups excluding carboxylic acids is 2. The van der Waals surface area contributed by atoms with Gasteiger partial charge in [-0.1, -0.05) is 36.0 Å². The van der Waals surface area contributed by atoms with Crippen LogP contribution in [0.25, 0.3) is 0 Å². The van der Waals surface area contributed by atoms with Crippen LogP contribution in [0.1, 0.15) is 38.5 Å². The Kier molecular flexibility index (Phi) is 7.29. The second-order valence-electron chi connectivity index (χ2n) is 7.45. The Balaban J connectivity index is 2.08. The standard InChI is InChI=1S/C20H26Cl2N4O3/c1-23-18(27)20(24-10-4-2-5-11-24,25-12-6-3-7-13-25)19(28)26(29)15-8-9-16(21)17(22)14-15/h8-9,14,29H,1-7,10-13H2. The maximum absolute atomic E-state index is 13.8. The SMILES string of the molecule is C=NC(=O)C(C(=O)N(O)c1ccc(Cl)c(Cl)c1)(N1CCCCC1)N1CCCCC1. The van der Waals surface area contributed by atoms with E-state index in [1.165, 1.54) is 18.2 Å². The van der Waals surface area contributed by atoms with Crippen molar-refractivity contribution in [2.45, 2.75) is 44.2 Å². The van der Waals surface area contributed by atoms with Crippen LogP contribution in [0.15, 0.2) is 23.2 Å². The number of amides is 2. The average Bonchev–Trinajstić information content (AvgIpc) is 2.76. The van der Waals surface area contributed by atoms with Crippen molar-refractivity contribution in [2.24, 2.45) is 4.99 Å². The first-order chi connectivity index (χ1) is 13.9. The third-order valence-electron chi connectivity index (χ3n) is 5.71. The van der Waals surface area contributed by atoms with Crippen molar-refractivity contribution < 1.29 is 14.8 Å². The number of benzene rings is 1. The third-order valence-corrected chi connectivity index (χ3v) is 6.45. The van der Waals surface area contributed by atoms with E-state index in [0.717, 1.165) is 38.5 Å². The van der Waals surface area contributed by atoms with Gasteiger partial charge in [0.05, 0.1) is 15.7 Å². The number of aliphatic imine (C=N–C) groups is 1. The van der Waals surface area contributed by atoms with E-state index in [1.807, 2.05) is 9.80 Å². The van der Waals surface area contributed by atoms with Crippen LogP contribution in [0.2, 0.25) is 10.0 Å². The Morgan fingerprint density at radius 3 is 1.93 bits per heavy atom. The largest absolute Gasteiger partial charge is 0.296 e. The number of carbonyl (C=O) groups is 2. The highest BCUT2D eigenvalue weighted by molar-refractivity contribution is 6.42. The van der Waals surface area contributed by atoms with E-state index in [0.29, 0.717) is 36.3 Å². The van der Waals surface area contributed by atoms with E-state index < -0.39 is 17.5 Å². The summed E-state index contributed by atoms with van der Waals surface area (Å²) < 4.78 is 0. The molecule has 0 atom stereocenters. The topological polar surface area (TPSA) is 76.4 Å². The van der Waals surface area contributed by atoms with Crippen LogP contribution >= 0.6 is 23.2 Å². The van der Waals surface area contributed by atoms with Crippen molar-refractivity contribution in [3.63, 3.8) is 0 Å². The molecule has 0 spiro atoms. The van der Waals surface area contributed by atoms with Crippen LogP contribution in [-0.4, -0.2) is 65.4 Å². The van der Waals surface area contributed by atoms with Crippen LogP contribution < -0.4 is 5.06 Å². The van der Waals surface area contributed by atoms with Crippen LogP contribution in [-0.2, 0) is 9.59 Å². The van der Waals surface area contributed by atoms with Gasteiger partial charge in [0.15, 0.2) is 0 Å². The summed E-state index contributed by atoms with van der Waals surface area (Å²) in [5, 5.41) is 11.9. The van der Waals surface area contributed by atoms with E-state index in [2.05, 4.69) is 11.7 Å². The summed E-state index contributed by atoms with van der Waals surface area (Å²) in [7, 11) is 0. The van der Waals surface area contributed by atoms with E-state index in [1.54, 1.807) is 0 Å². The van der Waals surface area contributed by atoms with Crippen LogP contribution in [0.3, 0.4) is 0 Å². The summed E-state index contributed by atoms with van der Waals surface area (Å²) in [6.45, 7) is 5.69. The minimum atomic E-state index is -1.72. The van der Waals surface area contributed by atoms with Gasteiger partial charge in [0, 0.05) is 26.2 Å². The lowest BCUT2D eigenvalue weighted by atomic mass is 9.95. The van der Waals surface area contributed by atoms with Crippen molar-refractivity contribution in [2.75, 3.05) is 31.2 Å². The molecular formula is C20H26Cl2N4O3. The first-order valence-corrected chi connectivity index (χ1v) is 10.7. The van der Waals surface area contributed by atoms with Crippen molar-refractivity contribution in [3.8, 4) is 0 Å². The molecule has 2 amide bonds. The molecule has 2 aliphatic heterocycles. The quantitative estimate of drug-likeness (QED) is 0.327. The number of rotatable bonds is 5. The number of nitrogens with zero attached hydrogens (tertiary/aromatic N) is 4. The predicted molar refractivity (Wildman–Crippen MR) is 114 cm³/mol. The molecule has 0 bridgehead atoms. The molecule has 0 unspecified atom stereocenters. The number of hydrogen-bond donors (Lipinski definition) is 1. The Morgan fingerprint density at radius 2 is 1.48 bits per heavy atom. The van der Waals surface area contributed by atoms with Crippen molar-refractivity contribution in [3.05, 3.63) is 28.2 Å². The van der Waals surface area contributed by atoms with Crippen LogP contribution in [0, 0.1) is 0 Å². The van der Waals surface area contributed by atoms with Crippen LogP contribution in [0.4, 0.5) is 5.69 Å². The van der Waals surface area contributed by atoms with Crippen molar-refractivity contribution in [1.82, 2.24) is 9.80 Å². The molecule has 9 heteroatoms. The van der Waals surface area contributed by atoms with E-state index in [-0.39, 0.29) is 10.7 Å². The monoisotopic (exact) mass is 440 g/mol. The van der Waals surface area contributed by atoms with E-state index in [9.17, 15) is 14.8 Å². The summed E-state index contributed by atoms with van der Waals surface area (Å²) in [4.78, 5) is 34.3. The molecule has 2 aliphatic rings. The fourth-order valence-corrected chi connectivity index (χ4v) is 4.55. The van der Waals surface area contributed by atoms with Gasteiger partial charge in [0.2, 0.25) is 5.66 Å². The maximum atomic E-state index is 13.8. The lowest BCUT2D eigenvalue weighted by Gasteiger charge is -2.50. The van der Waals surface area contributed by atoms with Gasteiger partial charge in [-0.3, -0.25) is 24.6 Å². The molecular weight excluding hydrogens is 415 g/mol. The number of piperidine rings is 2. The summed E-state index contributed by atoms with van der Waals surface area (Å²) in [6.07, 6.45) is 5.53. The van der Waals surface area contributed by atoms with Gasteiger partial charge >= 0.3 is 0 Å². The highest BCUT2D eigenvalue weighted by Gasteiger charge is 2.57. The van der Waals surface area contributed by atoms with Gasteiger partial charge < -0.3 is 0 Å². The first-order valence-electron chi connectivity index (χ1n) is 9.92. The lowest BCUT2D eigenvalue weighted by Crippen LogP contribution is -2.73. The van der Waals surface area contributed by atoms with E-state index in [4.69, 9.17) is 23.2 Å². The Morgan fingerprint density at radius 1 is 0.966 bits per heavy atom. The molecule has 3 rings (SSSR count). The molecule has 2 heterocycles. The number of hydroxylamine groups is 1. The molecule has 2 saturated heterocycles. The van der Waals surface area contributed by atoms with Gasteiger partial charge in [-0.25, -0.2) is 4.99 Å². The number of hydrogen-bond acceptors (Lipinski definition) is 5. The molecule has 158 valence electrons. The fourth-order valence-electron chi connectivity index (χ4n) is 4.26. The van der Waals surface area contributed by atoms with E-state index >= 15 is 0 Å². The molecule has 0 aliphatic carbocycles. The van der Waals surface area contributed by atoms with Gasteiger partial charge in [-0.2, -0.15) is 5.06 Å². The predicted octanol–water partition coefficient (Wildman–Crippen LogP) is 3.61. The molecule has 0 aromatic heterocycles. The smallest absolute Gasteiger partial charge is 0.281 e. The highest BCUT2D eigenvalue weighted by Crippen LogP contribution is 2.34. The fraction of sp³-hybridized carbons (Fsp3) is 0.550. The number of anilines is 1. The second-order valence-corrected chi connectivity index (χ2v) is 8.26. The summed E-state index contributed by atoms with van der Waals surface area (Å²) in [6, 6.07) is 4.37. The van der Waals surface area contributed by atoms with Crippen molar-refractivity contribution >= 4 is 47.4 Å². The first kappa shape index (κ1) is 22.2. The molecule has 7 nitrogen and oxygen atoms in total. The Bertz CT molecular complexity index is 759. The molecule has 0 radical (unpaired) electrons. The van der Waals surface area contributed by atoms with Gasteiger partial charge in [-0.15, -0.1) is 0 Å². The summed E-state index contributed by atoms with van der Waals surface area (Å²) >= 11 is 12.0. The zero-order valence-corrected chi connectivity index (χ0v) is 17.8. The maximum Gasteiger partial charge on any atom is 0.296 e. The highest BCUT2D eigenvalue weighted by atomic mass is 35.5. The summed E-state index contributed by atoms with van der Waals surface area (Å²) in [5.74, 6) is -1.43. The molecule has 1 aromatic carbocycles. The lowest BCUT2D eigenvalue weighted by molar-refractivity contribution is -0.166. The number of halogens is 2. The molecule has 0 saturated carbocycles. The molecule has 1 N–H and O–H groups in total. The molecule has 29 heavy (non-hydrogen) atoms. The van der Waals surface area contributed by atoms with Gasteiger partial charge in [-0.05, 0) is 50.6 Å². The zero-order valence-electron chi connectivity index (χ0n) is 16.3. The average molecular weight is 441 g/mol. The number of likely N-dealkylation sites (tertiary alicyclic amines) is 2.